The van der Waals surface area contributed by atoms with Gasteiger partial charge in [-0.05, 0) is 25.0 Å². The van der Waals surface area contributed by atoms with Gasteiger partial charge in [0.05, 0.1) is 19.0 Å². The second kappa shape index (κ2) is 6.96. The normalized spacial score (nSPS) is 19.0. The highest BCUT2D eigenvalue weighted by Crippen LogP contribution is 2.35. The molecule has 2 aromatic heterocycles. The van der Waals surface area contributed by atoms with Crippen molar-refractivity contribution in [3.63, 3.8) is 0 Å². The third-order valence-corrected chi connectivity index (χ3v) is 6.69. The van der Waals surface area contributed by atoms with Crippen LogP contribution in [0.25, 0.3) is 16.2 Å². The molecule has 0 radical (unpaired) electrons. The number of amides is 1. The number of aromatic nitrogens is 3. The minimum absolute atomic E-state index is 0.100. The summed E-state index contributed by atoms with van der Waals surface area (Å²) in [5.41, 5.74) is 1.03. The summed E-state index contributed by atoms with van der Waals surface area (Å²) >= 11 is 1.50. The number of carbonyl (C=O) groups excluding carboxylic acids is 1. The molecule has 5 rings (SSSR count). The predicted molar refractivity (Wildman–Crippen MR) is 108 cm³/mol. The number of piperazine rings is 1. The first-order valence-electron chi connectivity index (χ1n) is 9.56. The topological polar surface area (TPSA) is 83.8 Å². The molecule has 0 saturated carbocycles. The molecule has 0 atom stereocenters. The SMILES string of the molecule is COc1cc(F)ccc1-c1cnc2sc(N3CCC4(CC3)NCCNC4=O)nn12. The number of rotatable bonds is 3. The first-order chi connectivity index (χ1) is 14.1. The first-order valence-corrected chi connectivity index (χ1v) is 10.4. The summed E-state index contributed by atoms with van der Waals surface area (Å²) in [6.45, 7) is 2.97. The fraction of sp³-hybridized carbons (Fsp3) is 0.421. The van der Waals surface area contributed by atoms with Crippen LogP contribution in [-0.2, 0) is 4.79 Å². The number of anilines is 1. The maximum absolute atomic E-state index is 13.6. The van der Waals surface area contributed by atoms with Crippen LogP contribution >= 0.6 is 11.3 Å². The van der Waals surface area contributed by atoms with Crippen LogP contribution in [0.15, 0.2) is 24.4 Å². The summed E-state index contributed by atoms with van der Waals surface area (Å²) in [6, 6.07) is 4.43. The van der Waals surface area contributed by atoms with Crippen LogP contribution in [0, 0.1) is 5.82 Å². The number of ether oxygens (including phenoxy) is 1. The highest BCUT2D eigenvalue weighted by molar-refractivity contribution is 7.20. The van der Waals surface area contributed by atoms with Crippen LogP contribution in [0.5, 0.6) is 5.75 Å². The van der Waals surface area contributed by atoms with Gasteiger partial charge in [0.15, 0.2) is 0 Å². The van der Waals surface area contributed by atoms with E-state index in [1.165, 1.54) is 30.6 Å². The lowest BCUT2D eigenvalue weighted by atomic mass is 9.85. The van der Waals surface area contributed by atoms with Gasteiger partial charge in [-0.3, -0.25) is 4.79 Å². The number of carbonyl (C=O) groups is 1. The molecule has 1 amide bonds. The van der Waals surface area contributed by atoms with E-state index in [4.69, 9.17) is 9.84 Å². The molecule has 8 nitrogen and oxygen atoms in total. The van der Waals surface area contributed by atoms with E-state index >= 15 is 0 Å². The minimum Gasteiger partial charge on any atom is -0.496 e. The van der Waals surface area contributed by atoms with Gasteiger partial charge >= 0.3 is 0 Å². The summed E-state index contributed by atoms with van der Waals surface area (Å²) in [4.78, 5) is 19.8. The number of hydrogen-bond donors (Lipinski definition) is 2. The summed E-state index contributed by atoms with van der Waals surface area (Å²) < 4.78 is 20.7. The molecule has 2 aliphatic heterocycles. The number of nitrogens with one attached hydrogen (secondary N) is 2. The van der Waals surface area contributed by atoms with Crippen molar-refractivity contribution in [1.29, 1.82) is 0 Å². The van der Waals surface area contributed by atoms with Gasteiger partial charge in [-0.1, -0.05) is 11.3 Å². The summed E-state index contributed by atoms with van der Waals surface area (Å²) in [5.74, 6) is 0.187. The minimum atomic E-state index is -0.460. The molecule has 152 valence electrons. The number of nitrogens with zero attached hydrogens (tertiary/aromatic N) is 4. The molecule has 1 spiro atoms. The average molecular weight is 416 g/mol. The molecule has 3 aromatic rings. The second-order valence-corrected chi connectivity index (χ2v) is 8.25. The van der Waals surface area contributed by atoms with Crippen molar-refractivity contribution >= 4 is 27.3 Å². The van der Waals surface area contributed by atoms with E-state index in [1.807, 2.05) is 0 Å². The van der Waals surface area contributed by atoms with E-state index in [1.54, 1.807) is 16.8 Å². The lowest BCUT2D eigenvalue weighted by molar-refractivity contribution is -0.130. The zero-order valence-electron chi connectivity index (χ0n) is 15.9. The summed E-state index contributed by atoms with van der Waals surface area (Å²) in [5, 5.41) is 12.0. The molecule has 2 saturated heterocycles. The average Bonchev–Trinajstić information content (AvgIpc) is 3.32. The first kappa shape index (κ1) is 18.3. The molecule has 2 fully saturated rings. The lowest BCUT2D eigenvalue weighted by Gasteiger charge is -2.43. The van der Waals surface area contributed by atoms with Gasteiger partial charge in [-0.2, -0.15) is 0 Å². The monoisotopic (exact) mass is 416 g/mol. The van der Waals surface area contributed by atoms with E-state index < -0.39 is 5.54 Å². The third kappa shape index (κ3) is 3.03. The van der Waals surface area contributed by atoms with Gasteiger partial charge in [0, 0.05) is 37.8 Å². The van der Waals surface area contributed by atoms with Gasteiger partial charge in [-0.25, -0.2) is 13.9 Å². The Kier molecular flexibility index (Phi) is 4.39. The number of fused-ring (bicyclic) bond motifs is 1. The van der Waals surface area contributed by atoms with E-state index in [-0.39, 0.29) is 11.7 Å². The number of halogens is 1. The fourth-order valence-corrected chi connectivity index (χ4v) is 5.01. The van der Waals surface area contributed by atoms with Crippen molar-refractivity contribution in [3.8, 4) is 17.0 Å². The van der Waals surface area contributed by atoms with E-state index in [9.17, 15) is 9.18 Å². The Morgan fingerprint density at radius 2 is 2.10 bits per heavy atom. The maximum atomic E-state index is 13.6. The summed E-state index contributed by atoms with van der Waals surface area (Å²) in [6.07, 6.45) is 3.19. The van der Waals surface area contributed by atoms with Crippen LogP contribution in [0.2, 0.25) is 0 Å². The number of methoxy groups -OCH3 is 1. The Hall–Kier alpha value is -2.72. The molecule has 4 heterocycles. The number of hydrogen-bond acceptors (Lipinski definition) is 7. The number of imidazole rings is 1. The van der Waals surface area contributed by atoms with Crippen molar-refractivity contribution in [2.24, 2.45) is 0 Å². The van der Waals surface area contributed by atoms with Crippen LogP contribution < -0.4 is 20.3 Å². The molecular formula is C19H21FN6O2S. The highest BCUT2D eigenvalue weighted by atomic mass is 32.1. The van der Waals surface area contributed by atoms with Crippen LogP contribution in [0.4, 0.5) is 9.52 Å². The van der Waals surface area contributed by atoms with Gasteiger partial charge in [-0.15, -0.1) is 5.10 Å². The highest BCUT2D eigenvalue weighted by Gasteiger charge is 2.43. The Labute approximate surface area is 170 Å². The largest absolute Gasteiger partial charge is 0.496 e. The zero-order chi connectivity index (χ0) is 20.0. The Morgan fingerprint density at radius 3 is 2.86 bits per heavy atom. The zero-order valence-corrected chi connectivity index (χ0v) is 16.8. The quantitative estimate of drug-likeness (QED) is 0.676. The Morgan fingerprint density at radius 1 is 1.28 bits per heavy atom. The van der Waals surface area contributed by atoms with E-state index in [0.29, 0.717) is 12.3 Å². The van der Waals surface area contributed by atoms with Crippen molar-refractivity contribution < 1.29 is 13.9 Å². The van der Waals surface area contributed by atoms with Crippen molar-refractivity contribution in [2.45, 2.75) is 18.4 Å². The molecular weight excluding hydrogens is 395 g/mol. The second-order valence-electron chi connectivity index (χ2n) is 7.32. The maximum Gasteiger partial charge on any atom is 0.240 e. The van der Waals surface area contributed by atoms with Gasteiger partial charge in [0.25, 0.3) is 0 Å². The van der Waals surface area contributed by atoms with E-state index in [0.717, 1.165) is 53.8 Å². The Bertz CT molecular complexity index is 1070. The van der Waals surface area contributed by atoms with Crippen molar-refractivity contribution in [2.75, 3.05) is 38.2 Å². The standard InChI is InChI=1S/C19H21FN6O2S/c1-28-15-10-12(20)2-3-13(15)14-11-22-17-26(14)24-18(29-17)25-8-4-19(5-9-25)16(27)21-6-7-23-19/h2-3,10-11,23H,4-9H2,1H3,(H,21,27). The Balaban J connectivity index is 1.42. The molecule has 1 aromatic carbocycles. The molecule has 0 bridgehead atoms. The number of piperidine rings is 1. The molecule has 2 aliphatic rings. The van der Waals surface area contributed by atoms with Gasteiger partial charge in [0.2, 0.25) is 16.0 Å². The third-order valence-electron chi connectivity index (χ3n) is 5.71. The van der Waals surface area contributed by atoms with Crippen LogP contribution in [0.1, 0.15) is 12.8 Å². The predicted octanol–water partition coefficient (Wildman–Crippen LogP) is 1.66. The van der Waals surface area contributed by atoms with Crippen molar-refractivity contribution in [3.05, 3.63) is 30.2 Å². The molecule has 0 unspecified atom stereocenters. The molecule has 2 N–H and O–H groups in total. The number of benzene rings is 1. The lowest BCUT2D eigenvalue weighted by Crippen LogP contribution is -2.66. The fourth-order valence-electron chi connectivity index (χ4n) is 4.08. The van der Waals surface area contributed by atoms with Gasteiger partial charge < -0.3 is 20.3 Å². The molecule has 10 heteroatoms. The van der Waals surface area contributed by atoms with Crippen molar-refractivity contribution in [1.82, 2.24) is 25.2 Å². The van der Waals surface area contributed by atoms with Gasteiger partial charge in [0.1, 0.15) is 17.1 Å². The molecule has 29 heavy (non-hydrogen) atoms. The molecule has 0 aliphatic carbocycles. The summed E-state index contributed by atoms with van der Waals surface area (Å²) in [7, 11) is 1.52. The van der Waals surface area contributed by atoms with Crippen LogP contribution in [0.3, 0.4) is 0 Å². The smallest absolute Gasteiger partial charge is 0.240 e. The van der Waals surface area contributed by atoms with Crippen LogP contribution in [-0.4, -0.2) is 59.3 Å². The van der Waals surface area contributed by atoms with E-state index in [2.05, 4.69) is 20.5 Å².